The summed E-state index contributed by atoms with van der Waals surface area (Å²) >= 11 is 0. The van der Waals surface area contributed by atoms with Gasteiger partial charge in [-0.25, -0.2) is 16.8 Å². The van der Waals surface area contributed by atoms with Crippen LogP contribution in [0.1, 0.15) is 0 Å². The molecule has 0 aliphatic carbocycles. The third kappa shape index (κ3) is 3.49. The van der Waals surface area contributed by atoms with Gasteiger partial charge in [0.1, 0.15) is 10.6 Å². The molecule has 1 aromatic heterocycles. The normalized spacial score (nSPS) is 12.1. The average Bonchev–Trinajstić information content (AvgIpc) is 2.60. The van der Waals surface area contributed by atoms with E-state index in [0.717, 1.165) is 17.7 Å². The number of hydrogen-bond donors (Lipinski definition) is 1. The van der Waals surface area contributed by atoms with Crippen LogP contribution < -0.4 is 9.46 Å². The van der Waals surface area contributed by atoms with Gasteiger partial charge >= 0.3 is 0 Å². The molecule has 0 aliphatic rings. The van der Waals surface area contributed by atoms with E-state index in [0.29, 0.717) is 5.52 Å². The highest BCUT2D eigenvalue weighted by Crippen LogP contribution is 2.30. The van der Waals surface area contributed by atoms with Crippen molar-refractivity contribution in [1.82, 2.24) is 4.98 Å². The smallest absolute Gasteiger partial charge is 0.265 e. The van der Waals surface area contributed by atoms with Crippen molar-refractivity contribution in [3.63, 3.8) is 0 Å². The molecule has 0 radical (unpaired) electrons. The number of sulfone groups is 1. The summed E-state index contributed by atoms with van der Waals surface area (Å²) in [5.74, 6) is 0.0399. The first-order valence-corrected chi connectivity index (χ1v) is 10.8. The van der Waals surface area contributed by atoms with Gasteiger partial charge in [0.15, 0.2) is 9.84 Å². The van der Waals surface area contributed by atoms with Gasteiger partial charge in [-0.1, -0.05) is 18.2 Å². The average molecular weight is 392 g/mol. The maximum absolute atomic E-state index is 12.9. The summed E-state index contributed by atoms with van der Waals surface area (Å²) in [4.78, 5) is 3.82. The topological polar surface area (TPSA) is 102 Å². The Labute approximate surface area is 151 Å². The molecule has 0 saturated heterocycles. The Hall–Kier alpha value is -2.65. The standard InChI is InChI=1S/C17H16N2O5S2/c1-24-15-9-8-13(25(2,20)21)11-16(15)26(22,23)19-14-7-3-5-12-6-4-10-18-17(12)14/h3-11,19H,1-2H3. The van der Waals surface area contributed by atoms with E-state index in [4.69, 9.17) is 4.74 Å². The number of benzene rings is 2. The lowest BCUT2D eigenvalue weighted by Crippen LogP contribution is -2.15. The van der Waals surface area contributed by atoms with Gasteiger partial charge < -0.3 is 4.74 Å². The zero-order valence-electron chi connectivity index (χ0n) is 14.0. The van der Waals surface area contributed by atoms with Crippen LogP contribution in [-0.2, 0) is 19.9 Å². The minimum absolute atomic E-state index is 0.0399. The van der Waals surface area contributed by atoms with Gasteiger partial charge in [0.25, 0.3) is 10.0 Å². The van der Waals surface area contributed by atoms with Crippen LogP contribution in [0.5, 0.6) is 5.75 Å². The second kappa shape index (κ2) is 6.58. The summed E-state index contributed by atoms with van der Waals surface area (Å²) in [5.41, 5.74) is 0.770. The highest BCUT2D eigenvalue weighted by atomic mass is 32.2. The van der Waals surface area contributed by atoms with Gasteiger partial charge in [-0.3, -0.25) is 9.71 Å². The van der Waals surface area contributed by atoms with Crippen LogP contribution in [-0.4, -0.2) is 35.2 Å². The molecular formula is C17H16N2O5S2. The van der Waals surface area contributed by atoms with Crippen LogP contribution in [0.15, 0.2) is 64.5 Å². The van der Waals surface area contributed by atoms with Gasteiger partial charge in [0.05, 0.1) is 23.2 Å². The molecular weight excluding hydrogens is 376 g/mol. The van der Waals surface area contributed by atoms with Crippen molar-refractivity contribution in [2.75, 3.05) is 18.1 Å². The highest BCUT2D eigenvalue weighted by molar-refractivity contribution is 7.93. The Balaban J connectivity index is 2.13. The molecule has 1 N–H and O–H groups in total. The molecule has 3 aromatic rings. The van der Waals surface area contributed by atoms with E-state index in [1.807, 2.05) is 12.1 Å². The Bertz CT molecular complexity index is 1180. The minimum atomic E-state index is -4.11. The summed E-state index contributed by atoms with van der Waals surface area (Å²) in [5, 5.41) is 0.768. The summed E-state index contributed by atoms with van der Waals surface area (Å²) in [6.45, 7) is 0. The lowest BCUT2D eigenvalue weighted by molar-refractivity contribution is 0.402. The van der Waals surface area contributed by atoms with Crippen molar-refractivity contribution in [3.8, 4) is 5.75 Å². The van der Waals surface area contributed by atoms with E-state index in [9.17, 15) is 16.8 Å². The summed E-state index contributed by atoms with van der Waals surface area (Å²) < 4.78 is 56.9. The number of aromatic nitrogens is 1. The summed E-state index contributed by atoms with van der Waals surface area (Å²) in [7, 11) is -6.37. The zero-order chi connectivity index (χ0) is 18.9. The lowest BCUT2D eigenvalue weighted by Gasteiger charge is -2.13. The van der Waals surface area contributed by atoms with E-state index in [-0.39, 0.29) is 21.2 Å². The van der Waals surface area contributed by atoms with Gasteiger partial charge in [0.2, 0.25) is 0 Å². The number of fused-ring (bicyclic) bond motifs is 1. The van der Waals surface area contributed by atoms with Crippen LogP contribution in [0.25, 0.3) is 10.9 Å². The second-order valence-electron chi connectivity index (χ2n) is 5.57. The van der Waals surface area contributed by atoms with Crippen molar-refractivity contribution in [1.29, 1.82) is 0 Å². The Morgan fingerprint density at radius 1 is 1.00 bits per heavy atom. The van der Waals surface area contributed by atoms with Gasteiger partial charge in [-0.05, 0) is 30.3 Å². The summed E-state index contributed by atoms with van der Waals surface area (Å²) in [6, 6.07) is 12.3. The highest BCUT2D eigenvalue weighted by Gasteiger charge is 2.23. The molecule has 7 nitrogen and oxygen atoms in total. The second-order valence-corrected chi connectivity index (χ2v) is 9.24. The SMILES string of the molecule is COc1ccc(S(C)(=O)=O)cc1S(=O)(=O)Nc1cccc2cccnc12. The number of pyridine rings is 1. The number of nitrogens with zero attached hydrogens (tertiary/aromatic N) is 1. The first kappa shape index (κ1) is 18.2. The van der Waals surface area contributed by atoms with E-state index < -0.39 is 19.9 Å². The fourth-order valence-corrected chi connectivity index (χ4v) is 4.47. The van der Waals surface area contributed by atoms with Crippen molar-refractivity contribution >= 4 is 36.5 Å². The molecule has 0 fully saturated rings. The molecule has 0 amide bonds. The van der Waals surface area contributed by atoms with Gasteiger partial charge in [-0.15, -0.1) is 0 Å². The molecule has 0 saturated carbocycles. The molecule has 2 aromatic carbocycles. The zero-order valence-corrected chi connectivity index (χ0v) is 15.6. The van der Waals surface area contributed by atoms with Crippen molar-refractivity contribution in [3.05, 3.63) is 54.7 Å². The fraction of sp³-hybridized carbons (Fsp3) is 0.118. The Morgan fingerprint density at radius 2 is 1.73 bits per heavy atom. The third-order valence-electron chi connectivity index (χ3n) is 3.73. The van der Waals surface area contributed by atoms with Crippen LogP contribution in [0.2, 0.25) is 0 Å². The van der Waals surface area contributed by atoms with Crippen LogP contribution in [0.3, 0.4) is 0 Å². The summed E-state index contributed by atoms with van der Waals surface area (Å²) in [6.07, 6.45) is 2.57. The molecule has 0 aliphatic heterocycles. The van der Waals surface area contributed by atoms with Crippen LogP contribution in [0, 0.1) is 0 Å². The number of hydrogen-bond acceptors (Lipinski definition) is 6. The largest absolute Gasteiger partial charge is 0.495 e. The molecule has 9 heteroatoms. The molecule has 0 atom stereocenters. The molecule has 1 heterocycles. The van der Waals surface area contributed by atoms with Crippen molar-refractivity contribution < 1.29 is 21.6 Å². The number of anilines is 1. The molecule has 26 heavy (non-hydrogen) atoms. The maximum Gasteiger partial charge on any atom is 0.265 e. The van der Waals surface area contributed by atoms with E-state index in [1.165, 1.54) is 19.2 Å². The number of nitrogens with one attached hydrogen (secondary N) is 1. The number of rotatable bonds is 5. The first-order valence-electron chi connectivity index (χ1n) is 7.47. The van der Waals surface area contributed by atoms with Crippen LogP contribution in [0.4, 0.5) is 5.69 Å². The number of ether oxygens (including phenoxy) is 1. The predicted octanol–water partition coefficient (Wildman–Crippen LogP) is 2.45. The fourth-order valence-electron chi connectivity index (χ4n) is 2.48. The predicted molar refractivity (Wildman–Crippen MR) is 98.7 cm³/mol. The van der Waals surface area contributed by atoms with E-state index in [2.05, 4.69) is 9.71 Å². The molecule has 0 unspecified atom stereocenters. The number of methoxy groups -OCH3 is 1. The van der Waals surface area contributed by atoms with Crippen molar-refractivity contribution in [2.45, 2.75) is 9.79 Å². The van der Waals surface area contributed by atoms with E-state index >= 15 is 0 Å². The maximum atomic E-state index is 12.9. The molecule has 3 rings (SSSR count). The third-order valence-corrected chi connectivity index (χ3v) is 6.23. The van der Waals surface area contributed by atoms with Gasteiger partial charge in [-0.2, -0.15) is 0 Å². The molecule has 136 valence electrons. The Kier molecular flexibility index (Phi) is 4.59. The number of sulfonamides is 1. The minimum Gasteiger partial charge on any atom is -0.495 e. The molecule has 0 bridgehead atoms. The first-order chi connectivity index (χ1) is 12.2. The van der Waals surface area contributed by atoms with E-state index in [1.54, 1.807) is 24.4 Å². The monoisotopic (exact) mass is 392 g/mol. The van der Waals surface area contributed by atoms with Crippen LogP contribution >= 0.6 is 0 Å². The molecule has 0 spiro atoms. The quantitative estimate of drug-likeness (QED) is 0.715. The van der Waals surface area contributed by atoms with Gasteiger partial charge in [0, 0.05) is 17.8 Å². The lowest BCUT2D eigenvalue weighted by atomic mass is 10.2. The number of para-hydroxylation sites is 1. The van der Waals surface area contributed by atoms with Crippen molar-refractivity contribution in [2.24, 2.45) is 0 Å². The Morgan fingerprint density at radius 3 is 2.42 bits per heavy atom.